The molecule has 118 valence electrons. The van der Waals surface area contributed by atoms with Gasteiger partial charge in [-0.2, -0.15) is 0 Å². The van der Waals surface area contributed by atoms with E-state index in [9.17, 15) is 10.1 Å². The Kier molecular flexibility index (Phi) is 5.74. The van der Waals surface area contributed by atoms with Crippen molar-refractivity contribution in [1.82, 2.24) is 4.90 Å². The Labute approximate surface area is 147 Å². The Morgan fingerprint density at radius 1 is 1.32 bits per heavy atom. The number of thiophene rings is 1. The first-order valence-electron chi connectivity index (χ1n) is 6.37. The van der Waals surface area contributed by atoms with E-state index in [4.69, 9.17) is 23.2 Å². The van der Waals surface area contributed by atoms with Crippen LogP contribution in [0.5, 0.6) is 0 Å². The molecule has 1 aromatic carbocycles. The van der Waals surface area contributed by atoms with Crippen molar-refractivity contribution in [2.45, 2.75) is 22.1 Å². The van der Waals surface area contributed by atoms with Crippen molar-refractivity contribution in [3.8, 4) is 0 Å². The normalized spacial score (nSPS) is 12.6. The van der Waals surface area contributed by atoms with Crippen LogP contribution < -0.4 is 0 Å². The monoisotopic (exact) mass is 376 g/mol. The van der Waals surface area contributed by atoms with E-state index in [-0.39, 0.29) is 16.7 Å². The first-order chi connectivity index (χ1) is 10.3. The summed E-state index contributed by atoms with van der Waals surface area (Å²) in [5, 5.41) is 12.3. The van der Waals surface area contributed by atoms with Crippen LogP contribution in [-0.2, 0) is 0 Å². The Bertz CT molecular complexity index is 704. The van der Waals surface area contributed by atoms with Gasteiger partial charge in [-0.1, -0.05) is 35.0 Å². The molecule has 0 fully saturated rings. The van der Waals surface area contributed by atoms with E-state index < -0.39 is 0 Å². The van der Waals surface area contributed by atoms with Gasteiger partial charge in [-0.05, 0) is 39.2 Å². The summed E-state index contributed by atoms with van der Waals surface area (Å²) in [5.74, 6) is 0. The predicted molar refractivity (Wildman–Crippen MR) is 93.7 cm³/mol. The molecule has 2 rings (SSSR count). The van der Waals surface area contributed by atoms with Crippen molar-refractivity contribution < 1.29 is 4.92 Å². The van der Waals surface area contributed by atoms with Crippen LogP contribution >= 0.6 is 46.3 Å². The molecule has 0 aliphatic rings. The maximum absolute atomic E-state index is 11.3. The van der Waals surface area contributed by atoms with Crippen LogP contribution in [0.2, 0.25) is 10.0 Å². The molecular formula is C14H14Cl2N2O2S2. The lowest BCUT2D eigenvalue weighted by Crippen LogP contribution is -2.15. The number of hydrogen-bond donors (Lipinski definition) is 0. The fourth-order valence-electron chi connectivity index (χ4n) is 1.70. The highest BCUT2D eigenvalue weighted by molar-refractivity contribution is 8.01. The molecule has 1 unspecified atom stereocenters. The molecule has 1 heterocycles. The molecule has 2 aromatic rings. The highest BCUT2D eigenvalue weighted by atomic mass is 35.5. The molecule has 4 nitrogen and oxygen atoms in total. The maximum Gasteiger partial charge on any atom is 0.294 e. The fourth-order valence-corrected chi connectivity index (χ4v) is 4.68. The van der Waals surface area contributed by atoms with Crippen LogP contribution in [0, 0.1) is 10.1 Å². The quantitative estimate of drug-likeness (QED) is 0.493. The standard InChI is InChI=1S/C14H14Cl2N2O2S2/c1-8(17(2)3)13-7-11(18(19)20)14(22-13)21-12-5-4-9(15)6-10(12)16/h4-8H,1-3H3. The number of benzene rings is 1. The van der Waals surface area contributed by atoms with Crippen molar-refractivity contribution in [2.24, 2.45) is 0 Å². The molecule has 0 spiro atoms. The zero-order valence-electron chi connectivity index (χ0n) is 12.2. The molecular weight excluding hydrogens is 363 g/mol. The zero-order chi connectivity index (χ0) is 16.4. The lowest BCUT2D eigenvalue weighted by molar-refractivity contribution is -0.387. The van der Waals surface area contributed by atoms with Gasteiger partial charge in [0.15, 0.2) is 0 Å². The van der Waals surface area contributed by atoms with Gasteiger partial charge < -0.3 is 4.90 Å². The van der Waals surface area contributed by atoms with Crippen molar-refractivity contribution in [3.05, 3.63) is 49.3 Å². The van der Waals surface area contributed by atoms with Crippen LogP contribution in [-0.4, -0.2) is 23.9 Å². The minimum absolute atomic E-state index is 0.110. The van der Waals surface area contributed by atoms with E-state index in [2.05, 4.69) is 0 Å². The molecule has 8 heteroatoms. The summed E-state index contributed by atoms with van der Waals surface area (Å²) < 4.78 is 0.623. The Balaban J connectivity index is 2.39. The van der Waals surface area contributed by atoms with Gasteiger partial charge in [0.1, 0.15) is 4.21 Å². The molecule has 0 saturated heterocycles. The van der Waals surface area contributed by atoms with Crippen molar-refractivity contribution in [1.29, 1.82) is 0 Å². The molecule has 0 N–H and O–H groups in total. The van der Waals surface area contributed by atoms with Gasteiger partial charge >= 0.3 is 0 Å². The third-order valence-corrected chi connectivity index (χ3v) is 6.40. The molecule has 0 radical (unpaired) electrons. The number of nitrogens with zero attached hydrogens (tertiary/aromatic N) is 2. The molecule has 0 bridgehead atoms. The highest BCUT2D eigenvalue weighted by Gasteiger charge is 2.23. The van der Waals surface area contributed by atoms with Crippen LogP contribution in [0.3, 0.4) is 0 Å². The first kappa shape index (κ1) is 17.6. The smallest absolute Gasteiger partial charge is 0.294 e. The summed E-state index contributed by atoms with van der Waals surface area (Å²) in [6.07, 6.45) is 0. The van der Waals surface area contributed by atoms with E-state index in [1.54, 1.807) is 24.3 Å². The Morgan fingerprint density at radius 3 is 2.55 bits per heavy atom. The van der Waals surface area contributed by atoms with Gasteiger partial charge in [-0.25, -0.2) is 0 Å². The molecule has 0 aliphatic heterocycles. The maximum atomic E-state index is 11.3. The number of hydrogen-bond acceptors (Lipinski definition) is 5. The average Bonchev–Trinajstić information content (AvgIpc) is 2.85. The third-order valence-electron chi connectivity index (χ3n) is 3.18. The van der Waals surface area contributed by atoms with Crippen LogP contribution in [0.25, 0.3) is 0 Å². The number of nitro groups is 1. The predicted octanol–water partition coefficient (Wildman–Crippen LogP) is 5.74. The van der Waals surface area contributed by atoms with Gasteiger partial charge in [0.05, 0.1) is 9.95 Å². The summed E-state index contributed by atoms with van der Waals surface area (Å²) in [4.78, 5) is 14.6. The minimum atomic E-state index is -0.353. The average molecular weight is 377 g/mol. The molecule has 0 aliphatic carbocycles. The lowest BCUT2D eigenvalue weighted by atomic mass is 10.2. The van der Waals surface area contributed by atoms with Crippen LogP contribution in [0.15, 0.2) is 33.4 Å². The van der Waals surface area contributed by atoms with E-state index in [1.165, 1.54) is 23.1 Å². The highest BCUT2D eigenvalue weighted by Crippen LogP contribution is 2.45. The summed E-state index contributed by atoms with van der Waals surface area (Å²) in [5.41, 5.74) is 0.115. The Morgan fingerprint density at radius 2 is 2.00 bits per heavy atom. The summed E-state index contributed by atoms with van der Waals surface area (Å²) in [7, 11) is 3.89. The first-order valence-corrected chi connectivity index (χ1v) is 8.76. The van der Waals surface area contributed by atoms with E-state index in [1.807, 2.05) is 25.9 Å². The summed E-state index contributed by atoms with van der Waals surface area (Å²) >= 11 is 14.7. The molecule has 0 saturated carbocycles. The number of rotatable bonds is 5. The summed E-state index contributed by atoms with van der Waals surface area (Å²) in [6, 6.07) is 6.88. The second-order valence-corrected chi connectivity index (χ2v) is 8.13. The van der Waals surface area contributed by atoms with Gasteiger partial charge in [0, 0.05) is 26.9 Å². The largest absolute Gasteiger partial charge is 0.302 e. The molecule has 1 atom stereocenters. The van der Waals surface area contributed by atoms with Crippen molar-refractivity contribution in [3.63, 3.8) is 0 Å². The topological polar surface area (TPSA) is 46.4 Å². The fraction of sp³-hybridized carbons (Fsp3) is 0.286. The van der Waals surface area contributed by atoms with Crippen LogP contribution in [0.4, 0.5) is 5.69 Å². The second kappa shape index (κ2) is 7.19. The van der Waals surface area contributed by atoms with E-state index >= 15 is 0 Å². The molecule has 0 amide bonds. The third kappa shape index (κ3) is 3.94. The molecule has 1 aromatic heterocycles. The lowest BCUT2D eigenvalue weighted by Gasteiger charge is -2.17. The van der Waals surface area contributed by atoms with E-state index in [0.717, 1.165) is 9.77 Å². The minimum Gasteiger partial charge on any atom is -0.302 e. The van der Waals surface area contributed by atoms with Gasteiger partial charge in [0.25, 0.3) is 5.69 Å². The van der Waals surface area contributed by atoms with Crippen LogP contribution in [0.1, 0.15) is 17.8 Å². The van der Waals surface area contributed by atoms with Crippen molar-refractivity contribution in [2.75, 3.05) is 14.1 Å². The van der Waals surface area contributed by atoms with Gasteiger partial charge in [-0.15, -0.1) is 11.3 Å². The van der Waals surface area contributed by atoms with E-state index in [0.29, 0.717) is 14.3 Å². The zero-order valence-corrected chi connectivity index (χ0v) is 15.3. The summed E-state index contributed by atoms with van der Waals surface area (Å²) in [6.45, 7) is 2.01. The second-order valence-electron chi connectivity index (χ2n) is 4.89. The SMILES string of the molecule is CC(c1cc([N+](=O)[O-])c(Sc2ccc(Cl)cc2Cl)s1)N(C)C. The number of halogens is 2. The van der Waals surface area contributed by atoms with Crippen molar-refractivity contribution >= 4 is 52.0 Å². The Hall–Kier alpha value is -0.790. The van der Waals surface area contributed by atoms with Gasteiger partial charge in [0.2, 0.25) is 0 Å². The van der Waals surface area contributed by atoms with Gasteiger partial charge in [-0.3, -0.25) is 10.1 Å². The molecule has 22 heavy (non-hydrogen) atoms.